The Hall–Kier alpha value is -2.04. The molecule has 0 radical (unpaired) electrons. The molecule has 5 heteroatoms. The van der Waals surface area contributed by atoms with Crippen LogP contribution in [0.5, 0.6) is 5.75 Å². The zero-order valence-electron chi connectivity index (χ0n) is 13.0. The van der Waals surface area contributed by atoms with Gasteiger partial charge in [-0.2, -0.15) is 0 Å². The number of fused-ring (bicyclic) bond motifs is 2. The third-order valence-corrected chi connectivity index (χ3v) is 5.54. The quantitative estimate of drug-likeness (QED) is 0.894. The number of nitrogens with one attached hydrogen (secondary N) is 1. The summed E-state index contributed by atoms with van der Waals surface area (Å²) in [6.45, 7) is 0.633. The van der Waals surface area contributed by atoms with Crippen LogP contribution in [0.1, 0.15) is 42.9 Å². The van der Waals surface area contributed by atoms with Crippen molar-refractivity contribution in [3.05, 3.63) is 29.3 Å². The minimum absolute atomic E-state index is 0.0251. The Morgan fingerprint density at radius 1 is 1.22 bits per heavy atom. The smallest absolute Gasteiger partial charge is 0.330 e. The summed E-state index contributed by atoms with van der Waals surface area (Å²) in [5.74, 6) is 0.694. The largest absolute Gasteiger partial charge is 0.493 e. The van der Waals surface area contributed by atoms with Crippen LogP contribution in [0.25, 0.3) is 0 Å². The number of hydrogen-bond donors (Lipinski definition) is 2. The van der Waals surface area contributed by atoms with Crippen LogP contribution in [0.15, 0.2) is 18.2 Å². The fourth-order valence-corrected chi connectivity index (χ4v) is 4.29. The number of ether oxygens (including phenoxy) is 1. The number of benzene rings is 1. The molecule has 5 nitrogen and oxygen atoms in total. The SMILES string of the molecule is O=C(O)C(NC(=O)C1C2CCCCC21)c1ccc2c(c1)CCO2. The topological polar surface area (TPSA) is 75.6 Å². The van der Waals surface area contributed by atoms with Gasteiger partial charge in [-0.3, -0.25) is 4.79 Å². The van der Waals surface area contributed by atoms with E-state index >= 15 is 0 Å². The summed E-state index contributed by atoms with van der Waals surface area (Å²) in [6.07, 6.45) is 5.39. The van der Waals surface area contributed by atoms with Crippen LogP contribution in [0.2, 0.25) is 0 Å². The first-order valence-electron chi connectivity index (χ1n) is 8.44. The van der Waals surface area contributed by atoms with Gasteiger partial charge in [-0.15, -0.1) is 0 Å². The molecular weight excluding hydrogens is 294 g/mol. The Labute approximate surface area is 135 Å². The van der Waals surface area contributed by atoms with Gasteiger partial charge in [0.25, 0.3) is 0 Å². The van der Waals surface area contributed by atoms with Crippen LogP contribution in [-0.4, -0.2) is 23.6 Å². The number of carboxylic acid groups (broad SMARTS) is 1. The lowest BCUT2D eigenvalue weighted by Crippen LogP contribution is -2.35. The van der Waals surface area contributed by atoms with Gasteiger partial charge in [0.1, 0.15) is 5.75 Å². The van der Waals surface area contributed by atoms with Crippen LogP contribution >= 0.6 is 0 Å². The summed E-state index contributed by atoms with van der Waals surface area (Å²) in [6, 6.07) is 4.41. The first-order valence-corrected chi connectivity index (χ1v) is 8.44. The molecule has 23 heavy (non-hydrogen) atoms. The van der Waals surface area contributed by atoms with Gasteiger partial charge in [-0.25, -0.2) is 4.79 Å². The Morgan fingerprint density at radius 3 is 2.65 bits per heavy atom. The molecule has 0 saturated heterocycles. The molecule has 0 bridgehead atoms. The van der Waals surface area contributed by atoms with Crippen molar-refractivity contribution in [1.82, 2.24) is 5.32 Å². The predicted molar refractivity (Wildman–Crippen MR) is 83.1 cm³/mol. The van der Waals surface area contributed by atoms with E-state index in [2.05, 4.69) is 5.32 Å². The fourth-order valence-electron chi connectivity index (χ4n) is 4.29. The van der Waals surface area contributed by atoms with Crippen LogP contribution in [0.4, 0.5) is 0 Å². The third kappa shape index (κ3) is 2.58. The molecule has 2 aliphatic carbocycles. The Kier molecular flexibility index (Phi) is 3.51. The average Bonchev–Trinajstić information content (AvgIpc) is 3.09. The van der Waals surface area contributed by atoms with E-state index in [1.807, 2.05) is 6.07 Å². The normalized spacial score (nSPS) is 29.0. The zero-order chi connectivity index (χ0) is 16.0. The molecular formula is C18H21NO4. The van der Waals surface area contributed by atoms with Crippen molar-refractivity contribution in [1.29, 1.82) is 0 Å². The van der Waals surface area contributed by atoms with Crippen LogP contribution in [-0.2, 0) is 16.0 Å². The molecule has 1 aromatic carbocycles. The van der Waals surface area contributed by atoms with Gasteiger partial charge < -0.3 is 15.2 Å². The van der Waals surface area contributed by atoms with Gasteiger partial charge in [0.15, 0.2) is 6.04 Å². The summed E-state index contributed by atoms with van der Waals surface area (Å²) >= 11 is 0. The molecule has 0 aromatic heterocycles. The van der Waals surface area contributed by atoms with Crippen LogP contribution < -0.4 is 10.1 Å². The Balaban J connectivity index is 1.50. The molecule has 3 unspecified atom stereocenters. The van der Waals surface area contributed by atoms with E-state index in [1.165, 1.54) is 12.8 Å². The molecule has 2 N–H and O–H groups in total. The second kappa shape index (κ2) is 5.55. The van der Waals surface area contributed by atoms with Gasteiger partial charge in [0.2, 0.25) is 5.91 Å². The highest BCUT2D eigenvalue weighted by atomic mass is 16.5. The number of hydrogen-bond acceptors (Lipinski definition) is 3. The van der Waals surface area contributed by atoms with Gasteiger partial charge >= 0.3 is 5.97 Å². The average molecular weight is 315 g/mol. The van der Waals surface area contributed by atoms with Gasteiger partial charge in [-0.1, -0.05) is 18.9 Å². The van der Waals surface area contributed by atoms with Crippen LogP contribution in [0, 0.1) is 17.8 Å². The van der Waals surface area contributed by atoms with Crippen molar-refractivity contribution in [2.24, 2.45) is 17.8 Å². The van der Waals surface area contributed by atoms with Crippen LogP contribution in [0.3, 0.4) is 0 Å². The maximum absolute atomic E-state index is 12.5. The van der Waals surface area contributed by atoms with E-state index in [1.54, 1.807) is 12.1 Å². The monoisotopic (exact) mass is 315 g/mol. The third-order valence-electron chi connectivity index (χ3n) is 5.54. The van der Waals surface area contributed by atoms with E-state index in [4.69, 9.17) is 4.74 Å². The Bertz CT molecular complexity index is 644. The van der Waals surface area contributed by atoms with E-state index in [9.17, 15) is 14.7 Å². The summed E-state index contributed by atoms with van der Waals surface area (Å²) in [5, 5.41) is 12.3. The van der Waals surface area contributed by atoms with Gasteiger partial charge in [0.05, 0.1) is 6.61 Å². The van der Waals surface area contributed by atoms with E-state index < -0.39 is 12.0 Å². The molecule has 3 aliphatic rings. The Morgan fingerprint density at radius 2 is 1.96 bits per heavy atom. The molecule has 2 saturated carbocycles. The van der Waals surface area contributed by atoms with E-state index in [0.29, 0.717) is 24.0 Å². The predicted octanol–water partition coefficient (Wildman–Crippen LogP) is 2.30. The molecule has 4 rings (SSSR count). The van der Waals surface area contributed by atoms with Gasteiger partial charge in [0, 0.05) is 12.3 Å². The minimum atomic E-state index is -1.01. The lowest BCUT2D eigenvalue weighted by molar-refractivity contribution is -0.142. The second-order valence-corrected chi connectivity index (χ2v) is 6.88. The van der Waals surface area contributed by atoms with Gasteiger partial charge in [-0.05, 0) is 47.9 Å². The molecule has 122 valence electrons. The number of amides is 1. The molecule has 0 spiro atoms. The van der Waals surface area contributed by atoms with Crippen molar-refractivity contribution in [2.75, 3.05) is 6.61 Å². The number of carbonyl (C=O) groups is 2. The molecule has 3 atom stereocenters. The summed E-state index contributed by atoms with van der Waals surface area (Å²) in [4.78, 5) is 24.1. The lowest BCUT2D eigenvalue weighted by atomic mass is 10.0. The zero-order valence-corrected chi connectivity index (χ0v) is 13.0. The first kappa shape index (κ1) is 14.5. The van der Waals surface area contributed by atoms with Crippen molar-refractivity contribution in [3.63, 3.8) is 0 Å². The van der Waals surface area contributed by atoms with Crippen molar-refractivity contribution in [3.8, 4) is 5.75 Å². The van der Waals surface area contributed by atoms with Crippen molar-refractivity contribution < 1.29 is 19.4 Å². The molecule has 1 amide bonds. The summed E-state index contributed by atoms with van der Waals surface area (Å²) < 4.78 is 5.45. The number of rotatable bonds is 4. The maximum Gasteiger partial charge on any atom is 0.330 e. The fraction of sp³-hybridized carbons (Fsp3) is 0.556. The number of carbonyl (C=O) groups excluding carboxylic acids is 1. The number of carboxylic acids is 1. The first-order chi connectivity index (χ1) is 11.1. The second-order valence-electron chi connectivity index (χ2n) is 6.88. The van der Waals surface area contributed by atoms with Crippen molar-refractivity contribution >= 4 is 11.9 Å². The summed E-state index contributed by atoms with van der Waals surface area (Å²) in [5.41, 5.74) is 1.64. The van der Waals surface area contributed by atoms with E-state index in [-0.39, 0.29) is 11.8 Å². The molecule has 1 heterocycles. The highest BCUT2D eigenvalue weighted by Crippen LogP contribution is 2.55. The maximum atomic E-state index is 12.5. The minimum Gasteiger partial charge on any atom is -0.493 e. The highest BCUT2D eigenvalue weighted by molar-refractivity contribution is 5.88. The van der Waals surface area contributed by atoms with Crippen molar-refractivity contribution in [2.45, 2.75) is 38.1 Å². The number of aliphatic carboxylic acids is 1. The molecule has 1 aromatic rings. The molecule has 2 fully saturated rings. The summed E-state index contributed by atoms with van der Waals surface area (Å²) in [7, 11) is 0. The highest BCUT2D eigenvalue weighted by Gasteiger charge is 2.55. The molecule has 1 aliphatic heterocycles. The lowest BCUT2D eigenvalue weighted by Gasteiger charge is -2.16. The standard InChI is InChI=1S/C18H21NO4/c20-17(15-12-3-1-2-4-13(12)15)19-16(18(21)22)11-5-6-14-10(9-11)7-8-23-14/h5-6,9,12-13,15-16H,1-4,7-8H2,(H,19,20)(H,21,22). The van der Waals surface area contributed by atoms with E-state index in [0.717, 1.165) is 30.6 Å².